The van der Waals surface area contributed by atoms with E-state index in [1.165, 1.54) is 64.2 Å². The SMILES string of the molecule is CN(CC(=O)O)[C@H]1CCN(c2nc3ccccc3n(C3(C)C[C@H]4CCC[C@@H](C3)N4C3CCCCCCC3)c2=O)C1. The summed E-state index contributed by atoms with van der Waals surface area (Å²) >= 11 is 0. The van der Waals surface area contributed by atoms with E-state index in [-0.39, 0.29) is 23.7 Å². The Morgan fingerprint density at radius 1 is 0.975 bits per heavy atom. The third-order valence-corrected chi connectivity index (χ3v) is 10.5. The van der Waals surface area contributed by atoms with E-state index in [2.05, 4.69) is 27.4 Å². The van der Waals surface area contributed by atoms with E-state index in [4.69, 9.17) is 4.98 Å². The van der Waals surface area contributed by atoms with E-state index in [0.717, 1.165) is 30.3 Å². The first-order valence-corrected chi connectivity index (χ1v) is 15.8. The van der Waals surface area contributed by atoms with Crippen molar-refractivity contribution in [1.82, 2.24) is 19.4 Å². The number of carbonyl (C=O) groups is 1. The van der Waals surface area contributed by atoms with Gasteiger partial charge in [-0.05, 0) is 71.0 Å². The maximum absolute atomic E-state index is 14.5. The van der Waals surface area contributed by atoms with Gasteiger partial charge in [-0.15, -0.1) is 0 Å². The molecule has 4 atom stereocenters. The van der Waals surface area contributed by atoms with Crippen LogP contribution < -0.4 is 10.5 Å². The highest BCUT2D eigenvalue weighted by Gasteiger charge is 2.48. The lowest BCUT2D eigenvalue weighted by molar-refractivity contribution is -0.138. The van der Waals surface area contributed by atoms with E-state index < -0.39 is 5.97 Å². The number of anilines is 1. The maximum Gasteiger partial charge on any atom is 0.317 e. The molecule has 0 amide bonds. The minimum Gasteiger partial charge on any atom is -0.480 e. The third-order valence-electron chi connectivity index (χ3n) is 10.5. The van der Waals surface area contributed by atoms with E-state index in [9.17, 15) is 14.7 Å². The summed E-state index contributed by atoms with van der Waals surface area (Å²) in [7, 11) is 1.86. The number of carboxylic acids is 1. The molecule has 1 aromatic heterocycles. The van der Waals surface area contributed by atoms with E-state index >= 15 is 0 Å². The molecular formula is C32H47N5O3. The van der Waals surface area contributed by atoms with Gasteiger partial charge in [-0.1, -0.05) is 50.7 Å². The number of hydrogen-bond acceptors (Lipinski definition) is 6. The number of rotatable bonds is 6. The van der Waals surface area contributed by atoms with Gasteiger partial charge in [-0.3, -0.25) is 24.0 Å². The van der Waals surface area contributed by atoms with Gasteiger partial charge in [0.05, 0.1) is 17.6 Å². The van der Waals surface area contributed by atoms with Gasteiger partial charge < -0.3 is 10.0 Å². The smallest absolute Gasteiger partial charge is 0.317 e. The molecule has 2 bridgehead atoms. The summed E-state index contributed by atoms with van der Waals surface area (Å²) in [6.07, 6.45) is 16.1. The maximum atomic E-state index is 14.5. The predicted molar refractivity (Wildman–Crippen MR) is 159 cm³/mol. The molecule has 1 aliphatic carbocycles. The third kappa shape index (κ3) is 5.29. The highest BCUT2D eigenvalue weighted by molar-refractivity contribution is 5.77. The molecule has 0 radical (unpaired) electrons. The lowest BCUT2D eigenvalue weighted by Gasteiger charge is -2.56. The van der Waals surface area contributed by atoms with E-state index in [1.54, 1.807) is 0 Å². The zero-order chi connectivity index (χ0) is 27.9. The fraction of sp³-hybridized carbons (Fsp3) is 0.719. The summed E-state index contributed by atoms with van der Waals surface area (Å²) in [4.78, 5) is 37.6. The molecule has 1 N–H and O–H groups in total. The van der Waals surface area contributed by atoms with Crippen LogP contribution in [0.15, 0.2) is 29.1 Å². The Labute approximate surface area is 238 Å². The van der Waals surface area contributed by atoms with Crippen LogP contribution >= 0.6 is 0 Å². The first-order valence-electron chi connectivity index (χ1n) is 15.8. The van der Waals surface area contributed by atoms with Gasteiger partial charge in [-0.2, -0.15) is 0 Å². The minimum atomic E-state index is -0.823. The van der Waals surface area contributed by atoms with Crippen molar-refractivity contribution in [2.45, 2.75) is 120 Å². The van der Waals surface area contributed by atoms with Gasteiger partial charge in [0.15, 0.2) is 5.82 Å². The summed E-state index contributed by atoms with van der Waals surface area (Å²) in [5.41, 5.74) is 1.56. The van der Waals surface area contributed by atoms with E-state index in [1.807, 2.05) is 30.1 Å². The summed E-state index contributed by atoms with van der Waals surface area (Å²) in [6, 6.07) is 10.0. The van der Waals surface area contributed by atoms with Crippen molar-refractivity contribution in [3.05, 3.63) is 34.6 Å². The topological polar surface area (TPSA) is 81.9 Å². The second kappa shape index (κ2) is 11.4. The number of para-hydroxylation sites is 2. The Morgan fingerprint density at radius 2 is 1.62 bits per heavy atom. The number of likely N-dealkylation sites (N-methyl/N-ethyl adjacent to an activating group) is 1. The molecule has 4 aliphatic rings. The summed E-state index contributed by atoms with van der Waals surface area (Å²) in [5, 5.41) is 9.27. The van der Waals surface area contributed by atoms with Crippen LogP contribution in [0.4, 0.5) is 5.82 Å². The van der Waals surface area contributed by atoms with Crippen molar-refractivity contribution in [3.63, 3.8) is 0 Å². The van der Waals surface area contributed by atoms with Crippen molar-refractivity contribution in [1.29, 1.82) is 0 Å². The molecule has 2 aromatic rings. The molecule has 8 nitrogen and oxygen atoms in total. The lowest BCUT2D eigenvalue weighted by atomic mass is 9.72. The molecule has 8 heteroatoms. The Bertz CT molecular complexity index is 1250. The van der Waals surface area contributed by atoms with Gasteiger partial charge in [0.2, 0.25) is 0 Å². The molecule has 1 unspecified atom stereocenters. The molecule has 0 spiro atoms. The first-order chi connectivity index (χ1) is 19.3. The van der Waals surface area contributed by atoms with Crippen molar-refractivity contribution in [2.75, 3.05) is 31.6 Å². The number of nitrogens with zero attached hydrogens (tertiary/aromatic N) is 5. The predicted octanol–water partition coefficient (Wildman–Crippen LogP) is 4.84. The Hall–Kier alpha value is -2.45. The van der Waals surface area contributed by atoms with Crippen LogP contribution in [-0.4, -0.2) is 81.3 Å². The molecule has 1 saturated carbocycles. The largest absolute Gasteiger partial charge is 0.480 e. The second-order valence-corrected chi connectivity index (χ2v) is 13.4. The average molecular weight is 550 g/mol. The fourth-order valence-corrected chi connectivity index (χ4v) is 8.71. The van der Waals surface area contributed by atoms with Crippen molar-refractivity contribution in [2.24, 2.45) is 0 Å². The van der Waals surface area contributed by atoms with Crippen LogP contribution in [0.1, 0.15) is 90.4 Å². The molecule has 3 aliphatic heterocycles. The number of aliphatic carboxylic acids is 1. The van der Waals surface area contributed by atoms with Crippen LogP contribution in [-0.2, 0) is 10.3 Å². The highest BCUT2D eigenvalue weighted by atomic mass is 16.4. The van der Waals surface area contributed by atoms with Crippen molar-refractivity contribution < 1.29 is 9.90 Å². The molecule has 4 heterocycles. The molecule has 218 valence electrons. The number of carboxylic acid groups (broad SMARTS) is 1. The van der Waals surface area contributed by atoms with Crippen LogP contribution in [0.5, 0.6) is 0 Å². The van der Waals surface area contributed by atoms with Crippen LogP contribution in [0.3, 0.4) is 0 Å². The quantitative estimate of drug-likeness (QED) is 0.552. The average Bonchev–Trinajstić information content (AvgIpc) is 3.38. The normalized spacial score (nSPS) is 30.5. The highest BCUT2D eigenvalue weighted by Crippen LogP contribution is 2.46. The van der Waals surface area contributed by atoms with Gasteiger partial charge in [-0.25, -0.2) is 4.98 Å². The van der Waals surface area contributed by atoms with Crippen molar-refractivity contribution >= 4 is 22.8 Å². The first kappa shape index (κ1) is 27.7. The zero-order valence-corrected chi connectivity index (χ0v) is 24.4. The zero-order valence-electron chi connectivity index (χ0n) is 24.4. The summed E-state index contributed by atoms with van der Waals surface area (Å²) < 4.78 is 2.12. The Kier molecular flexibility index (Phi) is 7.92. The van der Waals surface area contributed by atoms with Gasteiger partial charge in [0.25, 0.3) is 5.56 Å². The molecule has 4 fully saturated rings. The van der Waals surface area contributed by atoms with Crippen LogP contribution in [0, 0.1) is 0 Å². The number of piperidine rings is 2. The minimum absolute atomic E-state index is 0.00618. The Balaban J connectivity index is 1.33. The van der Waals surface area contributed by atoms with Gasteiger partial charge in [0, 0.05) is 42.8 Å². The van der Waals surface area contributed by atoms with Crippen molar-refractivity contribution in [3.8, 4) is 0 Å². The Morgan fingerprint density at radius 3 is 2.33 bits per heavy atom. The van der Waals surface area contributed by atoms with Gasteiger partial charge in [0.1, 0.15) is 0 Å². The van der Waals surface area contributed by atoms with Crippen LogP contribution in [0.2, 0.25) is 0 Å². The standard InChI is InChI=1S/C32H47N5O3/c1-32(19-24-13-10-14-25(20-32)36(24)23-11-6-4-3-5-7-12-23)37-28-16-9-8-15-27(28)33-30(31(37)40)35-18-17-26(21-35)34(2)22-29(38)39/h8-9,15-16,23-26H,3-7,10-14,17-22H2,1-2H3,(H,38,39)/t24-,25+,26-,32?/m0/s1. The molecule has 40 heavy (non-hydrogen) atoms. The monoisotopic (exact) mass is 549 g/mol. The molecule has 3 saturated heterocycles. The molecular weight excluding hydrogens is 502 g/mol. The van der Waals surface area contributed by atoms with Gasteiger partial charge >= 0.3 is 5.97 Å². The number of fused-ring (bicyclic) bond motifs is 3. The summed E-state index contributed by atoms with van der Waals surface area (Å²) in [6.45, 7) is 3.68. The second-order valence-electron chi connectivity index (χ2n) is 13.4. The van der Waals surface area contributed by atoms with Crippen LogP contribution in [0.25, 0.3) is 11.0 Å². The summed E-state index contributed by atoms with van der Waals surface area (Å²) in [5.74, 6) is -0.296. The number of benzene rings is 1. The van der Waals surface area contributed by atoms with E-state index in [0.29, 0.717) is 37.0 Å². The molecule has 6 rings (SSSR count). The fourth-order valence-electron chi connectivity index (χ4n) is 8.71. The lowest BCUT2D eigenvalue weighted by Crippen LogP contribution is -2.62. The number of hydrogen-bond donors (Lipinski definition) is 1. The number of aromatic nitrogens is 2. The molecule has 1 aromatic carbocycles.